The number of anilines is 1. The van der Waals surface area contributed by atoms with Gasteiger partial charge < -0.3 is 5.32 Å². The summed E-state index contributed by atoms with van der Waals surface area (Å²) in [7, 11) is -3.53. The molecule has 0 saturated carbocycles. The van der Waals surface area contributed by atoms with E-state index < -0.39 is 10.0 Å². The van der Waals surface area contributed by atoms with Crippen molar-refractivity contribution in [3.05, 3.63) is 46.8 Å². The van der Waals surface area contributed by atoms with Crippen molar-refractivity contribution in [2.24, 2.45) is 0 Å². The van der Waals surface area contributed by atoms with Gasteiger partial charge in [0.15, 0.2) is 0 Å². The smallest absolute Gasteiger partial charge is 0.252 e. The number of carbonyl (C=O) groups is 1. The number of benzene rings is 1. The molecule has 3 rings (SSSR count). The SMILES string of the molecule is Cc1ccc(NC(=O)C[C@@H]2CCCCN2S(=O)(=O)c2cccs2)cc1C. The normalized spacial score (nSPS) is 18.6. The molecular formula is C19H24N2O3S2. The van der Waals surface area contributed by atoms with Gasteiger partial charge in [-0.1, -0.05) is 18.6 Å². The van der Waals surface area contributed by atoms with Crippen LogP contribution in [0.25, 0.3) is 0 Å². The number of rotatable bonds is 5. The zero-order valence-electron chi connectivity index (χ0n) is 15.1. The predicted octanol–water partition coefficient (Wildman–Crippen LogP) is 3.94. The molecule has 1 aromatic carbocycles. The van der Waals surface area contributed by atoms with Crippen LogP contribution in [0.2, 0.25) is 0 Å². The van der Waals surface area contributed by atoms with Crippen LogP contribution in [0.4, 0.5) is 5.69 Å². The van der Waals surface area contributed by atoms with Crippen molar-refractivity contribution in [2.75, 3.05) is 11.9 Å². The lowest BCUT2D eigenvalue weighted by molar-refractivity contribution is -0.117. The number of hydrogen-bond donors (Lipinski definition) is 1. The summed E-state index contributed by atoms with van der Waals surface area (Å²) in [4.78, 5) is 12.5. The first-order chi connectivity index (χ1) is 12.4. The minimum atomic E-state index is -3.53. The Bertz CT molecular complexity index is 876. The number of hydrogen-bond acceptors (Lipinski definition) is 4. The second-order valence-corrected chi connectivity index (χ2v) is 9.81. The molecule has 0 unspecified atom stereocenters. The molecule has 0 spiro atoms. The number of thiophene rings is 1. The molecule has 140 valence electrons. The fourth-order valence-corrected chi connectivity index (χ4v) is 6.08. The molecule has 5 nitrogen and oxygen atoms in total. The van der Waals surface area contributed by atoms with Crippen LogP contribution in [-0.2, 0) is 14.8 Å². The summed E-state index contributed by atoms with van der Waals surface area (Å²) in [5.41, 5.74) is 3.03. The maximum Gasteiger partial charge on any atom is 0.252 e. The molecule has 7 heteroatoms. The van der Waals surface area contributed by atoms with Crippen LogP contribution in [0.15, 0.2) is 39.9 Å². The molecule has 1 aromatic heterocycles. The Morgan fingerprint density at radius 3 is 2.73 bits per heavy atom. The molecular weight excluding hydrogens is 368 g/mol. The third-order valence-electron chi connectivity index (χ3n) is 4.84. The van der Waals surface area contributed by atoms with E-state index in [1.54, 1.807) is 17.5 Å². The van der Waals surface area contributed by atoms with Crippen LogP contribution < -0.4 is 5.32 Å². The number of piperidine rings is 1. The molecule has 1 saturated heterocycles. The van der Waals surface area contributed by atoms with Crippen LogP contribution >= 0.6 is 11.3 Å². The Morgan fingerprint density at radius 1 is 1.23 bits per heavy atom. The summed E-state index contributed by atoms with van der Waals surface area (Å²) in [6.07, 6.45) is 2.67. The van der Waals surface area contributed by atoms with Gasteiger partial charge in [-0.05, 0) is 61.4 Å². The van der Waals surface area contributed by atoms with E-state index in [-0.39, 0.29) is 18.4 Å². The minimum absolute atomic E-state index is 0.147. The second kappa shape index (κ2) is 7.90. The Kier molecular flexibility index (Phi) is 5.79. The van der Waals surface area contributed by atoms with Crippen LogP contribution in [0.1, 0.15) is 36.8 Å². The number of aryl methyl sites for hydroxylation is 2. The molecule has 26 heavy (non-hydrogen) atoms. The third-order valence-corrected chi connectivity index (χ3v) is 8.17. The maximum absolute atomic E-state index is 12.9. The summed E-state index contributed by atoms with van der Waals surface area (Å²) in [6, 6.07) is 8.86. The Hall–Kier alpha value is -1.70. The van der Waals surface area contributed by atoms with Crippen LogP contribution in [-0.4, -0.2) is 31.2 Å². The zero-order valence-corrected chi connectivity index (χ0v) is 16.7. The van der Waals surface area contributed by atoms with Gasteiger partial charge in [-0.2, -0.15) is 4.31 Å². The molecule has 1 N–H and O–H groups in total. The Balaban J connectivity index is 1.72. The summed E-state index contributed by atoms with van der Waals surface area (Å²) in [5.74, 6) is -0.147. The van der Waals surface area contributed by atoms with Gasteiger partial charge in [-0.15, -0.1) is 11.3 Å². The number of amides is 1. The molecule has 1 atom stereocenters. The monoisotopic (exact) mass is 392 g/mol. The molecule has 0 radical (unpaired) electrons. The van der Waals surface area contributed by atoms with Crippen molar-refractivity contribution in [3.63, 3.8) is 0 Å². The van der Waals surface area contributed by atoms with Crippen LogP contribution in [0.5, 0.6) is 0 Å². The lowest BCUT2D eigenvalue weighted by Gasteiger charge is -2.34. The van der Waals surface area contributed by atoms with Crippen LogP contribution in [0, 0.1) is 13.8 Å². The topological polar surface area (TPSA) is 66.5 Å². The Morgan fingerprint density at radius 2 is 2.04 bits per heavy atom. The largest absolute Gasteiger partial charge is 0.326 e. The van der Waals surface area contributed by atoms with Gasteiger partial charge in [0, 0.05) is 24.7 Å². The van der Waals surface area contributed by atoms with Crippen molar-refractivity contribution in [2.45, 2.75) is 49.8 Å². The Labute approximate surface area is 159 Å². The first kappa shape index (κ1) is 19.1. The van der Waals surface area contributed by atoms with E-state index in [9.17, 15) is 13.2 Å². The highest BCUT2D eigenvalue weighted by molar-refractivity contribution is 7.91. The van der Waals surface area contributed by atoms with Gasteiger partial charge >= 0.3 is 0 Å². The first-order valence-electron chi connectivity index (χ1n) is 8.80. The van der Waals surface area contributed by atoms with E-state index in [0.717, 1.165) is 24.1 Å². The zero-order chi connectivity index (χ0) is 18.7. The maximum atomic E-state index is 12.9. The molecule has 1 aliphatic rings. The number of nitrogens with zero attached hydrogens (tertiary/aromatic N) is 1. The van der Waals surface area contributed by atoms with E-state index in [1.165, 1.54) is 21.2 Å². The quantitative estimate of drug-likeness (QED) is 0.838. The first-order valence-corrected chi connectivity index (χ1v) is 11.1. The summed E-state index contributed by atoms with van der Waals surface area (Å²) in [5, 5.41) is 4.67. The van der Waals surface area contributed by atoms with E-state index in [0.29, 0.717) is 17.2 Å². The van der Waals surface area contributed by atoms with Crippen molar-refractivity contribution >= 4 is 33.0 Å². The summed E-state index contributed by atoms with van der Waals surface area (Å²) >= 11 is 1.22. The van der Waals surface area contributed by atoms with E-state index in [4.69, 9.17) is 0 Å². The van der Waals surface area contributed by atoms with Gasteiger partial charge in [-0.3, -0.25) is 4.79 Å². The van der Waals surface area contributed by atoms with E-state index in [1.807, 2.05) is 32.0 Å². The van der Waals surface area contributed by atoms with Crippen LogP contribution in [0.3, 0.4) is 0 Å². The number of nitrogens with one attached hydrogen (secondary N) is 1. The number of sulfonamides is 1. The van der Waals surface area contributed by atoms with Gasteiger partial charge in [-0.25, -0.2) is 8.42 Å². The average Bonchev–Trinajstić information content (AvgIpc) is 3.14. The molecule has 1 aliphatic heterocycles. The average molecular weight is 393 g/mol. The highest BCUT2D eigenvalue weighted by Gasteiger charge is 2.35. The predicted molar refractivity (Wildman–Crippen MR) is 105 cm³/mol. The molecule has 2 aromatic rings. The second-order valence-electron chi connectivity index (χ2n) is 6.75. The summed E-state index contributed by atoms with van der Waals surface area (Å²) < 4.78 is 27.6. The minimum Gasteiger partial charge on any atom is -0.326 e. The summed E-state index contributed by atoms with van der Waals surface area (Å²) in [6.45, 7) is 4.50. The fourth-order valence-electron chi connectivity index (χ4n) is 3.27. The van der Waals surface area contributed by atoms with Crippen molar-refractivity contribution in [1.82, 2.24) is 4.31 Å². The molecule has 2 heterocycles. The van der Waals surface area contributed by atoms with E-state index in [2.05, 4.69) is 5.32 Å². The highest BCUT2D eigenvalue weighted by atomic mass is 32.2. The van der Waals surface area contributed by atoms with Crippen molar-refractivity contribution in [3.8, 4) is 0 Å². The van der Waals surface area contributed by atoms with Gasteiger partial charge in [0.25, 0.3) is 10.0 Å². The van der Waals surface area contributed by atoms with Gasteiger partial charge in [0.05, 0.1) is 0 Å². The molecule has 1 amide bonds. The van der Waals surface area contributed by atoms with E-state index >= 15 is 0 Å². The number of carbonyl (C=O) groups excluding carboxylic acids is 1. The van der Waals surface area contributed by atoms with Crippen molar-refractivity contribution in [1.29, 1.82) is 0 Å². The molecule has 0 aliphatic carbocycles. The molecule has 0 bridgehead atoms. The standard InChI is InChI=1S/C19H24N2O3S2/c1-14-8-9-16(12-15(14)2)20-18(22)13-17-6-3-4-10-21(17)26(23,24)19-7-5-11-25-19/h5,7-9,11-12,17H,3-4,6,10,13H2,1-2H3,(H,20,22)/t17-/m0/s1. The highest BCUT2D eigenvalue weighted by Crippen LogP contribution is 2.29. The van der Waals surface area contributed by atoms with Gasteiger partial charge in [0.2, 0.25) is 5.91 Å². The lowest BCUT2D eigenvalue weighted by atomic mass is 10.0. The lowest BCUT2D eigenvalue weighted by Crippen LogP contribution is -2.45. The molecule has 1 fully saturated rings. The van der Waals surface area contributed by atoms with Gasteiger partial charge in [0.1, 0.15) is 4.21 Å². The van der Waals surface area contributed by atoms with Crippen molar-refractivity contribution < 1.29 is 13.2 Å². The fraction of sp³-hybridized carbons (Fsp3) is 0.421. The third kappa shape index (κ3) is 4.16.